The second kappa shape index (κ2) is 4.23. The van der Waals surface area contributed by atoms with E-state index in [0.717, 1.165) is 5.69 Å². The van der Waals surface area contributed by atoms with Gasteiger partial charge in [0.25, 0.3) is 5.91 Å². The number of hydrogen-bond donors (Lipinski definition) is 3. The molecule has 78 valence electrons. The molecule has 1 aromatic heterocycles. The standard InChI is InChI=1S/C9H16N4O/c1-5(10)4-11-9(14)8-6(2)12-13-7(8)3/h5H,4,10H2,1-3H3,(H,11,14)(H,12,13). The van der Waals surface area contributed by atoms with Gasteiger partial charge in [-0.2, -0.15) is 5.10 Å². The molecule has 1 amide bonds. The average Bonchev–Trinajstić information content (AvgIpc) is 2.42. The first-order valence-corrected chi connectivity index (χ1v) is 4.57. The number of aromatic amines is 1. The van der Waals surface area contributed by atoms with Gasteiger partial charge in [0.05, 0.1) is 11.3 Å². The van der Waals surface area contributed by atoms with Gasteiger partial charge >= 0.3 is 0 Å². The van der Waals surface area contributed by atoms with E-state index in [0.29, 0.717) is 17.8 Å². The highest BCUT2D eigenvalue weighted by molar-refractivity contribution is 5.96. The summed E-state index contributed by atoms with van der Waals surface area (Å²) in [5.41, 5.74) is 7.64. The number of rotatable bonds is 3. The van der Waals surface area contributed by atoms with Crippen LogP contribution in [0.25, 0.3) is 0 Å². The van der Waals surface area contributed by atoms with E-state index in [1.165, 1.54) is 0 Å². The van der Waals surface area contributed by atoms with Crippen LogP contribution in [0.1, 0.15) is 28.7 Å². The van der Waals surface area contributed by atoms with E-state index in [9.17, 15) is 4.79 Å². The maximum Gasteiger partial charge on any atom is 0.255 e. The molecular weight excluding hydrogens is 180 g/mol. The second-order valence-corrected chi connectivity index (χ2v) is 3.50. The van der Waals surface area contributed by atoms with Crippen LogP contribution in [0.2, 0.25) is 0 Å². The number of nitrogens with zero attached hydrogens (tertiary/aromatic N) is 1. The molecule has 5 heteroatoms. The molecule has 0 fully saturated rings. The zero-order valence-corrected chi connectivity index (χ0v) is 8.72. The van der Waals surface area contributed by atoms with Crippen molar-refractivity contribution in [3.05, 3.63) is 17.0 Å². The fourth-order valence-corrected chi connectivity index (χ4v) is 1.23. The van der Waals surface area contributed by atoms with Gasteiger partial charge in [-0.3, -0.25) is 9.89 Å². The highest BCUT2D eigenvalue weighted by atomic mass is 16.1. The number of aryl methyl sites for hydroxylation is 2. The summed E-state index contributed by atoms with van der Waals surface area (Å²) in [5, 5.41) is 9.45. The van der Waals surface area contributed by atoms with Crippen molar-refractivity contribution in [1.82, 2.24) is 15.5 Å². The van der Waals surface area contributed by atoms with E-state index < -0.39 is 0 Å². The number of aromatic nitrogens is 2. The summed E-state index contributed by atoms with van der Waals surface area (Å²) in [6.07, 6.45) is 0. The van der Waals surface area contributed by atoms with E-state index >= 15 is 0 Å². The van der Waals surface area contributed by atoms with Crippen molar-refractivity contribution in [2.45, 2.75) is 26.8 Å². The summed E-state index contributed by atoms with van der Waals surface area (Å²) >= 11 is 0. The molecule has 5 nitrogen and oxygen atoms in total. The normalized spacial score (nSPS) is 12.6. The van der Waals surface area contributed by atoms with Gasteiger partial charge in [-0.15, -0.1) is 0 Å². The fraction of sp³-hybridized carbons (Fsp3) is 0.556. The lowest BCUT2D eigenvalue weighted by Gasteiger charge is -2.07. The molecule has 0 bridgehead atoms. The van der Waals surface area contributed by atoms with Gasteiger partial charge < -0.3 is 11.1 Å². The molecule has 0 aliphatic rings. The van der Waals surface area contributed by atoms with Crippen LogP contribution in [0.4, 0.5) is 0 Å². The lowest BCUT2D eigenvalue weighted by molar-refractivity contribution is 0.0950. The molecule has 0 aliphatic heterocycles. The number of amides is 1. The first-order valence-electron chi connectivity index (χ1n) is 4.57. The van der Waals surface area contributed by atoms with Gasteiger partial charge in [0, 0.05) is 18.3 Å². The van der Waals surface area contributed by atoms with Gasteiger partial charge in [-0.25, -0.2) is 0 Å². The van der Waals surface area contributed by atoms with Crippen molar-refractivity contribution >= 4 is 5.91 Å². The van der Waals surface area contributed by atoms with Crippen molar-refractivity contribution < 1.29 is 4.79 Å². The van der Waals surface area contributed by atoms with Crippen molar-refractivity contribution in [2.75, 3.05) is 6.54 Å². The lowest BCUT2D eigenvalue weighted by atomic mass is 10.2. The van der Waals surface area contributed by atoms with Gasteiger partial charge in [0.2, 0.25) is 0 Å². The van der Waals surface area contributed by atoms with E-state index in [1.807, 2.05) is 13.8 Å². The van der Waals surface area contributed by atoms with Crippen LogP contribution in [0.5, 0.6) is 0 Å². The molecule has 1 rings (SSSR count). The van der Waals surface area contributed by atoms with E-state index in [1.54, 1.807) is 6.92 Å². The van der Waals surface area contributed by atoms with E-state index in [2.05, 4.69) is 15.5 Å². The van der Waals surface area contributed by atoms with Crippen molar-refractivity contribution in [3.63, 3.8) is 0 Å². The molecule has 0 aliphatic carbocycles. The molecule has 1 aromatic rings. The Morgan fingerprint density at radius 2 is 2.29 bits per heavy atom. The predicted octanol–water partition coefficient (Wildman–Crippen LogP) is 0.104. The highest BCUT2D eigenvalue weighted by Gasteiger charge is 2.14. The van der Waals surface area contributed by atoms with Crippen molar-refractivity contribution in [3.8, 4) is 0 Å². The molecule has 0 saturated carbocycles. The Kier molecular flexibility index (Phi) is 3.24. The number of carbonyl (C=O) groups is 1. The topological polar surface area (TPSA) is 83.8 Å². The highest BCUT2D eigenvalue weighted by Crippen LogP contribution is 2.08. The predicted molar refractivity (Wildman–Crippen MR) is 54.0 cm³/mol. The monoisotopic (exact) mass is 196 g/mol. The van der Waals surface area contributed by atoms with Crippen LogP contribution in [0.3, 0.4) is 0 Å². The lowest BCUT2D eigenvalue weighted by Crippen LogP contribution is -2.35. The van der Waals surface area contributed by atoms with Gasteiger partial charge in [0.1, 0.15) is 0 Å². The zero-order chi connectivity index (χ0) is 10.7. The van der Waals surface area contributed by atoms with Crippen LogP contribution in [-0.2, 0) is 0 Å². The minimum absolute atomic E-state index is 0.0357. The van der Waals surface area contributed by atoms with Gasteiger partial charge in [0.15, 0.2) is 0 Å². The van der Waals surface area contributed by atoms with Gasteiger partial charge in [-0.05, 0) is 20.8 Å². The Balaban J connectivity index is 2.70. The van der Waals surface area contributed by atoms with Crippen LogP contribution in [0, 0.1) is 13.8 Å². The Hall–Kier alpha value is -1.36. The third kappa shape index (κ3) is 2.32. The Morgan fingerprint density at radius 1 is 1.64 bits per heavy atom. The maximum absolute atomic E-state index is 11.6. The van der Waals surface area contributed by atoms with E-state index in [-0.39, 0.29) is 11.9 Å². The summed E-state index contributed by atoms with van der Waals surface area (Å²) in [6, 6.07) is -0.0357. The Bertz CT molecular complexity index is 310. The molecule has 14 heavy (non-hydrogen) atoms. The van der Waals surface area contributed by atoms with Crippen molar-refractivity contribution in [1.29, 1.82) is 0 Å². The van der Waals surface area contributed by atoms with Gasteiger partial charge in [-0.1, -0.05) is 0 Å². The molecular formula is C9H16N4O. The minimum atomic E-state index is -0.119. The summed E-state index contributed by atoms with van der Waals surface area (Å²) in [7, 11) is 0. The number of nitrogens with one attached hydrogen (secondary N) is 2. The SMILES string of the molecule is Cc1n[nH]c(C)c1C(=O)NCC(C)N. The number of carbonyl (C=O) groups excluding carboxylic acids is 1. The molecule has 1 unspecified atom stereocenters. The molecule has 0 aromatic carbocycles. The minimum Gasteiger partial charge on any atom is -0.350 e. The quantitative estimate of drug-likeness (QED) is 0.641. The molecule has 1 atom stereocenters. The Morgan fingerprint density at radius 3 is 2.71 bits per heavy atom. The number of nitrogens with two attached hydrogens (primary N) is 1. The zero-order valence-electron chi connectivity index (χ0n) is 8.72. The molecule has 0 radical (unpaired) electrons. The van der Waals surface area contributed by atoms with Crippen LogP contribution < -0.4 is 11.1 Å². The first-order chi connectivity index (χ1) is 6.52. The number of H-pyrrole nitrogens is 1. The third-order valence-electron chi connectivity index (χ3n) is 1.94. The first kappa shape index (κ1) is 10.7. The molecule has 1 heterocycles. The van der Waals surface area contributed by atoms with Crippen LogP contribution >= 0.6 is 0 Å². The molecule has 0 saturated heterocycles. The number of hydrogen-bond acceptors (Lipinski definition) is 3. The average molecular weight is 196 g/mol. The molecule has 0 spiro atoms. The summed E-state index contributed by atoms with van der Waals surface area (Å²) < 4.78 is 0. The fourth-order valence-electron chi connectivity index (χ4n) is 1.23. The largest absolute Gasteiger partial charge is 0.350 e. The summed E-state index contributed by atoms with van der Waals surface area (Å²) in [5.74, 6) is -0.119. The smallest absolute Gasteiger partial charge is 0.255 e. The van der Waals surface area contributed by atoms with E-state index in [4.69, 9.17) is 5.73 Å². The van der Waals surface area contributed by atoms with Crippen LogP contribution in [0.15, 0.2) is 0 Å². The molecule has 4 N–H and O–H groups in total. The summed E-state index contributed by atoms with van der Waals surface area (Å²) in [4.78, 5) is 11.6. The Labute approximate surface area is 83.1 Å². The maximum atomic E-state index is 11.6. The second-order valence-electron chi connectivity index (χ2n) is 3.50. The summed E-state index contributed by atoms with van der Waals surface area (Å²) in [6.45, 7) is 5.93. The van der Waals surface area contributed by atoms with Crippen LogP contribution in [-0.4, -0.2) is 28.7 Å². The van der Waals surface area contributed by atoms with Crippen molar-refractivity contribution in [2.24, 2.45) is 5.73 Å². The third-order valence-corrected chi connectivity index (χ3v) is 1.94.